The number of aromatic nitrogens is 3. The number of methoxy groups -OCH3 is 1. The highest BCUT2D eigenvalue weighted by Gasteiger charge is 2.13. The van der Waals surface area contributed by atoms with Crippen molar-refractivity contribution in [3.63, 3.8) is 0 Å². The Hall–Kier alpha value is -1.82. The van der Waals surface area contributed by atoms with Gasteiger partial charge >= 0.3 is 0 Å². The molecule has 1 atom stereocenters. The van der Waals surface area contributed by atoms with Crippen LogP contribution in [0.4, 0.5) is 0 Å². The minimum absolute atomic E-state index is 0.284. The van der Waals surface area contributed by atoms with Crippen LogP contribution in [0.25, 0.3) is 0 Å². The molecule has 0 amide bonds. The zero-order valence-corrected chi connectivity index (χ0v) is 11.9. The summed E-state index contributed by atoms with van der Waals surface area (Å²) < 4.78 is 17.4. The second-order valence-corrected chi connectivity index (χ2v) is 5.40. The molecule has 2 aromatic heterocycles. The second kappa shape index (κ2) is 5.88. The van der Waals surface area contributed by atoms with Gasteiger partial charge in [0.2, 0.25) is 5.16 Å². The summed E-state index contributed by atoms with van der Waals surface area (Å²) >= 11 is 0. The Morgan fingerprint density at radius 3 is 2.63 bits per heavy atom. The smallest absolute Gasteiger partial charge is 0.219 e. The lowest BCUT2D eigenvalue weighted by Crippen LogP contribution is -2.06. The highest BCUT2D eigenvalue weighted by molar-refractivity contribution is 7.84. The molecule has 0 fully saturated rings. The Morgan fingerprint density at radius 2 is 1.95 bits per heavy atom. The molecule has 2 heterocycles. The quantitative estimate of drug-likeness (QED) is 0.797. The number of aryl methyl sites for hydroxylation is 1. The molecule has 0 N–H and O–H groups in total. The van der Waals surface area contributed by atoms with E-state index in [1.807, 2.05) is 13.8 Å². The van der Waals surface area contributed by atoms with Crippen molar-refractivity contribution in [2.75, 3.05) is 7.11 Å². The van der Waals surface area contributed by atoms with Gasteiger partial charge in [0.1, 0.15) is 5.75 Å². The van der Waals surface area contributed by atoms with Gasteiger partial charge in [0.15, 0.2) is 0 Å². The van der Waals surface area contributed by atoms with E-state index in [0.717, 1.165) is 22.7 Å². The maximum atomic E-state index is 12.2. The zero-order valence-electron chi connectivity index (χ0n) is 11.1. The van der Waals surface area contributed by atoms with Crippen LogP contribution >= 0.6 is 0 Å². The van der Waals surface area contributed by atoms with Gasteiger partial charge < -0.3 is 4.74 Å². The van der Waals surface area contributed by atoms with Crippen molar-refractivity contribution in [2.45, 2.75) is 24.8 Å². The standard InChI is InChI=1S/C13H15N3O2S/c1-9-4-6-15-13(16-9)19(17)8-11-10(2)12(18-3)5-7-14-11/h4-7H,8H2,1-3H3. The van der Waals surface area contributed by atoms with Gasteiger partial charge in [-0.3, -0.25) is 9.19 Å². The molecule has 5 nitrogen and oxygen atoms in total. The molecule has 0 aliphatic heterocycles. The fourth-order valence-corrected chi connectivity index (χ4v) is 2.74. The van der Waals surface area contributed by atoms with E-state index >= 15 is 0 Å². The number of hydrogen-bond acceptors (Lipinski definition) is 5. The molecule has 100 valence electrons. The van der Waals surface area contributed by atoms with Gasteiger partial charge in [-0.1, -0.05) is 0 Å². The molecule has 0 saturated carbocycles. The summed E-state index contributed by atoms with van der Waals surface area (Å²) in [5.74, 6) is 1.03. The van der Waals surface area contributed by atoms with Crippen LogP contribution in [-0.4, -0.2) is 26.3 Å². The lowest BCUT2D eigenvalue weighted by molar-refractivity contribution is 0.410. The molecular weight excluding hydrogens is 262 g/mol. The van der Waals surface area contributed by atoms with Crippen molar-refractivity contribution >= 4 is 10.8 Å². The first-order valence-corrected chi connectivity index (χ1v) is 7.10. The van der Waals surface area contributed by atoms with Crippen molar-refractivity contribution < 1.29 is 8.95 Å². The van der Waals surface area contributed by atoms with Crippen LogP contribution in [0.15, 0.2) is 29.7 Å². The number of nitrogens with zero attached hydrogens (tertiary/aromatic N) is 3. The fraction of sp³-hybridized carbons (Fsp3) is 0.308. The number of pyridine rings is 1. The molecule has 0 aliphatic rings. The van der Waals surface area contributed by atoms with Crippen molar-refractivity contribution in [1.82, 2.24) is 15.0 Å². The van der Waals surface area contributed by atoms with Gasteiger partial charge in [0, 0.05) is 23.7 Å². The first kappa shape index (κ1) is 13.6. The van der Waals surface area contributed by atoms with Crippen LogP contribution < -0.4 is 4.74 Å². The first-order chi connectivity index (χ1) is 9.11. The summed E-state index contributed by atoms with van der Waals surface area (Å²) in [4.78, 5) is 12.5. The molecular formula is C13H15N3O2S. The topological polar surface area (TPSA) is 65.0 Å². The predicted octanol–water partition coefficient (Wildman–Crippen LogP) is 1.80. The Morgan fingerprint density at radius 1 is 1.21 bits per heavy atom. The van der Waals surface area contributed by atoms with Gasteiger partial charge in [0.05, 0.1) is 29.4 Å². The maximum absolute atomic E-state index is 12.2. The van der Waals surface area contributed by atoms with Crippen LogP contribution in [0.5, 0.6) is 5.75 Å². The van der Waals surface area contributed by atoms with Crippen LogP contribution in [0, 0.1) is 13.8 Å². The van der Waals surface area contributed by atoms with Crippen molar-refractivity contribution in [2.24, 2.45) is 0 Å². The normalized spacial score (nSPS) is 12.2. The van der Waals surface area contributed by atoms with Gasteiger partial charge in [-0.05, 0) is 26.0 Å². The minimum Gasteiger partial charge on any atom is -0.496 e. The summed E-state index contributed by atoms with van der Waals surface area (Å²) in [6.45, 7) is 3.74. The van der Waals surface area contributed by atoms with Crippen LogP contribution in [-0.2, 0) is 16.6 Å². The highest BCUT2D eigenvalue weighted by atomic mass is 32.2. The molecule has 0 aliphatic carbocycles. The molecule has 0 aromatic carbocycles. The van der Waals surface area contributed by atoms with Crippen LogP contribution in [0.3, 0.4) is 0 Å². The third-order valence-electron chi connectivity index (χ3n) is 2.72. The molecule has 2 rings (SSSR count). The van der Waals surface area contributed by atoms with E-state index in [1.165, 1.54) is 0 Å². The van der Waals surface area contributed by atoms with Gasteiger partial charge in [-0.2, -0.15) is 0 Å². The van der Waals surface area contributed by atoms with E-state index in [0.29, 0.717) is 5.16 Å². The number of rotatable bonds is 4. The summed E-state index contributed by atoms with van der Waals surface area (Å²) in [6.07, 6.45) is 3.26. The average molecular weight is 277 g/mol. The third kappa shape index (κ3) is 3.14. The van der Waals surface area contributed by atoms with Gasteiger partial charge in [0.25, 0.3) is 0 Å². The van der Waals surface area contributed by atoms with Crippen LogP contribution in [0.2, 0.25) is 0 Å². The lowest BCUT2D eigenvalue weighted by Gasteiger charge is -2.08. The molecule has 2 aromatic rings. The second-order valence-electron chi connectivity index (χ2n) is 4.06. The molecule has 1 unspecified atom stereocenters. The summed E-state index contributed by atoms with van der Waals surface area (Å²) in [5, 5.41) is 0.337. The average Bonchev–Trinajstić information content (AvgIpc) is 2.41. The van der Waals surface area contributed by atoms with E-state index in [2.05, 4.69) is 15.0 Å². The zero-order chi connectivity index (χ0) is 13.8. The minimum atomic E-state index is -1.31. The molecule has 0 bridgehead atoms. The molecule has 0 spiro atoms. The highest BCUT2D eigenvalue weighted by Crippen LogP contribution is 2.20. The SMILES string of the molecule is COc1ccnc(CS(=O)c2nccc(C)n2)c1C. The van der Waals surface area contributed by atoms with E-state index in [1.54, 1.807) is 31.6 Å². The molecule has 0 saturated heterocycles. The van der Waals surface area contributed by atoms with E-state index in [-0.39, 0.29) is 5.75 Å². The molecule has 0 radical (unpaired) electrons. The Bertz CT molecular complexity index is 617. The van der Waals surface area contributed by atoms with Crippen molar-refractivity contribution in [3.8, 4) is 5.75 Å². The predicted molar refractivity (Wildman–Crippen MR) is 72.4 cm³/mol. The van der Waals surface area contributed by atoms with Gasteiger partial charge in [-0.25, -0.2) is 9.97 Å². The van der Waals surface area contributed by atoms with E-state index in [9.17, 15) is 4.21 Å². The fourth-order valence-electron chi connectivity index (χ4n) is 1.65. The summed E-state index contributed by atoms with van der Waals surface area (Å²) in [5.41, 5.74) is 2.43. The largest absolute Gasteiger partial charge is 0.496 e. The lowest BCUT2D eigenvalue weighted by atomic mass is 10.2. The van der Waals surface area contributed by atoms with E-state index in [4.69, 9.17) is 4.74 Å². The molecule has 19 heavy (non-hydrogen) atoms. The monoisotopic (exact) mass is 277 g/mol. The molecule has 6 heteroatoms. The van der Waals surface area contributed by atoms with Crippen LogP contribution in [0.1, 0.15) is 17.0 Å². The number of ether oxygens (including phenoxy) is 1. The first-order valence-electron chi connectivity index (χ1n) is 5.78. The Labute approximate surface area is 114 Å². The summed E-state index contributed by atoms with van der Waals surface area (Å²) in [7, 11) is 0.298. The Balaban J connectivity index is 2.24. The maximum Gasteiger partial charge on any atom is 0.219 e. The van der Waals surface area contributed by atoms with Gasteiger partial charge in [-0.15, -0.1) is 0 Å². The summed E-state index contributed by atoms with van der Waals surface area (Å²) in [6, 6.07) is 3.56. The number of hydrogen-bond donors (Lipinski definition) is 0. The Kier molecular flexibility index (Phi) is 4.21. The van der Waals surface area contributed by atoms with E-state index < -0.39 is 10.8 Å². The third-order valence-corrected chi connectivity index (χ3v) is 3.86. The van der Waals surface area contributed by atoms with Crippen molar-refractivity contribution in [3.05, 3.63) is 41.5 Å². The van der Waals surface area contributed by atoms with Crippen molar-refractivity contribution in [1.29, 1.82) is 0 Å².